The first-order valence-corrected chi connectivity index (χ1v) is 4.80. The Bertz CT molecular complexity index is 348. The topological polar surface area (TPSA) is 58.5 Å². The highest BCUT2D eigenvalue weighted by molar-refractivity contribution is 5.66. The van der Waals surface area contributed by atoms with Crippen molar-refractivity contribution in [2.75, 3.05) is 10.9 Å². The fourth-order valence-electron chi connectivity index (χ4n) is 1.79. The molecule has 1 aliphatic rings. The number of nitrogen functional groups attached to an aromatic ring is 1. The van der Waals surface area contributed by atoms with E-state index >= 15 is 0 Å². The van der Waals surface area contributed by atoms with Crippen molar-refractivity contribution in [3.05, 3.63) is 23.8 Å². The second kappa shape index (κ2) is 3.15. The van der Waals surface area contributed by atoms with Crippen LogP contribution in [0.3, 0.4) is 0 Å². The zero-order valence-corrected chi connectivity index (χ0v) is 8.57. The molecular formula is C10H16N4. The van der Waals surface area contributed by atoms with Gasteiger partial charge in [0.15, 0.2) is 0 Å². The molecule has 0 saturated carbocycles. The van der Waals surface area contributed by atoms with Crippen LogP contribution >= 0.6 is 0 Å². The maximum atomic E-state index is 5.96. The molecule has 1 heterocycles. The predicted molar refractivity (Wildman–Crippen MR) is 58.2 cm³/mol. The number of hydrazine groups is 2. The highest BCUT2D eigenvalue weighted by atomic mass is 15.8. The van der Waals surface area contributed by atoms with E-state index in [2.05, 4.69) is 18.9 Å². The lowest BCUT2D eigenvalue weighted by Crippen LogP contribution is -2.46. The van der Waals surface area contributed by atoms with Gasteiger partial charge in [-0.2, -0.15) is 5.01 Å². The van der Waals surface area contributed by atoms with Crippen LogP contribution in [0.15, 0.2) is 18.2 Å². The highest BCUT2D eigenvalue weighted by Crippen LogP contribution is 2.33. The van der Waals surface area contributed by atoms with Gasteiger partial charge >= 0.3 is 0 Å². The van der Waals surface area contributed by atoms with Crippen molar-refractivity contribution in [3.8, 4) is 0 Å². The summed E-state index contributed by atoms with van der Waals surface area (Å²) in [6, 6.07) is 6.22. The molecule has 0 bridgehead atoms. The van der Waals surface area contributed by atoms with Crippen LogP contribution < -0.4 is 16.7 Å². The average Bonchev–Trinajstić information content (AvgIpc) is 2.46. The summed E-state index contributed by atoms with van der Waals surface area (Å²) in [7, 11) is 0. The summed E-state index contributed by atoms with van der Waals surface area (Å²) in [5, 5.41) is 3.78. The SMILES string of the molecule is CC(C)N1Cc2c(N)cccc2N1N. The van der Waals surface area contributed by atoms with E-state index in [9.17, 15) is 0 Å². The van der Waals surface area contributed by atoms with E-state index < -0.39 is 0 Å². The second-order valence-electron chi connectivity index (χ2n) is 3.88. The lowest BCUT2D eigenvalue weighted by atomic mass is 10.1. The minimum Gasteiger partial charge on any atom is -0.398 e. The van der Waals surface area contributed by atoms with Crippen molar-refractivity contribution < 1.29 is 0 Å². The lowest BCUT2D eigenvalue weighted by molar-refractivity contribution is 0.212. The Kier molecular flexibility index (Phi) is 2.09. The molecule has 0 atom stereocenters. The maximum Gasteiger partial charge on any atom is 0.0768 e. The second-order valence-corrected chi connectivity index (χ2v) is 3.88. The summed E-state index contributed by atoms with van der Waals surface area (Å²) >= 11 is 0. The molecule has 1 aromatic rings. The Morgan fingerprint density at radius 2 is 2.07 bits per heavy atom. The molecule has 14 heavy (non-hydrogen) atoms. The largest absolute Gasteiger partial charge is 0.398 e. The van der Waals surface area contributed by atoms with E-state index in [0.717, 1.165) is 23.5 Å². The number of rotatable bonds is 1. The van der Waals surface area contributed by atoms with Crippen molar-refractivity contribution in [3.63, 3.8) is 0 Å². The van der Waals surface area contributed by atoms with E-state index in [-0.39, 0.29) is 0 Å². The third-order valence-electron chi connectivity index (χ3n) is 2.63. The number of benzene rings is 1. The van der Waals surface area contributed by atoms with Gasteiger partial charge in [-0.3, -0.25) is 0 Å². The van der Waals surface area contributed by atoms with E-state index in [1.807, 2.05) is 18.2 Å². The van der Waals surface area contributed by atoms with Gasteiger partial charge in [0.25, 0.3) is 0 Å². The molecule has 1 aliphatic heterocycles. The minimum atomic E-state index is 0.381. The van der Waals surface area contributed by atoms with E-state index in [0.29, 0.717) is 6.04 Å². The van der Waals surface area contributed by atoms with Gasteiger partial charge in [0, 0.05) is 23.8 Å². The van der Waals surface area contributed by atoms with Gasteiger partial charge in [-0.15, -0.1) is 0 Å². The molecule has 0 fully saturated rings. The molecule has 4 heteroatoms. The maximum absolute atomic E-state index is 5.96. The molecule has 4 nitrogen and oxygen atoms in total. The standard InChI is InChI=1S/C10H16N4/c1-7(2)13-6-8-9(11)4-3-5-10(8)14(13)12/h3-5,7H,6,11-12H2,1-2H3. The predicted octanol–water partition coefficient (Wildman–Crippen LogP) is 1.09. The quantitative estimate of drug-likeness (QED) is 0.516. The third-order valence-corrected chi connectivity index (χ3v) is 2.63. The Morgan fingerprint density at radius 1 is 1.36 bits per heavy atom. The van der Waals surface area contributed by atoms with Crippen LogP contribution in [0, 0.1) is 0 Å². The van der Waals surface area contributed by atoms with Gasteiger partial charge in [0.05, 0.1) is 5.69 Å². The lowest BCUT2D eigenvalue weighted by Gasteiger charge is -2.28. The molecule has 0 radical (unpaired) electrons. The van der Waals surface area contributed by atoms with Gasteiger partial charge in [-0.25, -0.2) is 11.0 Å². The summed E-state index contributed by atoms with van der Waals surface area (Å²) in [6.45, 7) is 5.03. The Balaban J connectivity index is 2.40. The third kappa shape index (κ3) is 1.23. The Labute approximate surface area is 84.0 Å². The van der Waals surface area contributed by atoms with Gasteiger partial charge in [-0.05, 0) is 26.0 Å². The Hall–Kier alpha value is -1.26. The monoisotopic (exact) mass is 192 g/mol. The zero-order chi connectivity index (χ0) is 10.3. The van der Waals surface area contributed by atoms with E-state index in [4.69, 9.17) is 11.6 Å². The van der Waals surface area contributed by atoms with Crippen LogP contribution in [0.4, 0.5) is 11.4 Å². The molecule has 0 saturated heterocycles. The van der Waals surface area contributed by atoms with Crippen molar-refractivity contribution >= 4 is 11.4 Å². The molecule has 0 unspecified atom stereocenters. The van der Waals surface area contributed by atoms with Crippen molar-refractivity contribution in [1.29, 1.82) is 0 Å². The fraction of sp³-hybridized carbons (Fsp3) is 0.400. The normalized spacial score (nSPS) is 16.4. The molecule has 1 aromatic carbocycles. The number of nitrogens with two attached hydrogens (primary N) is 2. The van der Waals surface area contributed by atoms with Crippen LogP contribution in [0.1, 0.15) is 19.4 Å². The molecule has 0 spiro atoms. The zero-order valence-electron chi connectivity index (χ0n) is 8.57. The first kappa shape index (κ1) is 9.30. The van der Waals surface area contributed by atoms with Crippen molar-refractivity contribution in [1.82, 2.24) is 5.01 Å². The molecule has 4 N–H and O–H groups in total. The number of hydrogen-bond acceptors (Lipinski definition) is 4. The van der Waals surface area contributed by atoms with Gasteiger partial charge in [-0.1, -0.05) is 6.07 Å². The van der Waals surface area contributed by atoms with Crippen molar-refractivity contribution in [2.24, 2.45) is 5.84 Å². The minimum absolute atomic E-state index is 0.381. The van der Waals surface area contributed by atoms with Gasteiger partial charge in [0.2, 0.25) is 0 Å². The summed E-state index contributed by atoms with van der Waals surface area (Å²) < 4.78 is 0. The first-order chi connectivity index (χ1) is 6.61. The summed E-state index contributed by atoms with van der Waals surface area (Å²) in [6.07, 6.45) is 0. The molecule has 0 amide bonds. The summed E-state index contributed by atoms with van der Waals surface area (Å²) in [5.74, 6) is 5.96. The van der Waals surface area contributed by atoms with Crippen LogP contribution in [0.5, 0.6) is 0 Å². The van der Waals surface area contributed by atoms with Crippen LogP contribution in [0.2, 0.25) is 0 Å². The van der Waals surface area contributed by atoms with Crippen LogP contribution in [-0.2, 0) is 6.54 Å². The summed E-state index contributed by atoms with van der Waals surface area (Å²) in [5.41, 5.74) is 8.85. The van der Waals surface area contributed by atoms with Crippen molar-refractivity contribution in [2.45, 2.75) is 26.4 Å². The molecule has 0 aliphatic carbocycles. The molecule has 2 rings (SSSR count). The Morgan fingerprint density at radius 3 is 2.64 bits per heavy atom. The smallest absolute Gasteiger partial charge is 0.0768 e. The average molecular weight is 192 g/mol. The van der Waals surface area contributed by atoms with Gasteiger partial charge in [0.1, 0.15) is 0 Å². The van der Waals surface area contributed by atoms with Gasteiger partial charge < -0.3 is 5.73 Å². The van der Waals surface area contributed by atoms with Crippen LogP contribution in [0.25, 0.3) is 0 Å². The molecular weight excluding hydrogens is 176 g/mol. The molecule has 0 aromatic heterocycles. The number of anilines is 2. The highest BCUT2D eigenvalue weighted by Gasteiger charge is 2.27. The number of hydrogen-bond donors (Lipinski definition) is 2. The molecule has 76 valence electrons. The number of nitrogens with zero attached hydrogens (tertiary/aromatic N) is 2. The first-order valence-electron chi connectivity index (χ1n) is 4.80. The fourth-order valence-corrected chi connectivity index (χ4v) is 1.79. The number of fused-ring (bicyclic) bond motifs is 1. The van der Waals surface area contributed by atoms with E-state index in [1.54, 1.807) is 5.12 Å². The summed E-state index contributed by atoms with van der Waals surface area (Å²) in [4.78, 5) is 0. The van der Waals surface area contributed by atoms with E-state index in [1.165, 1.54) is 0 Å². The van der Waals surface area contributed by atoms with Crippen LogP contribution in [-0.4, -0.2) is 11.1 Å².